The minimum absolute atomic E-state index is 0.00957. The summed E-state index contributed by atoms with van der Waals surface area (Å²) in [4.78, 5) is 4.29. The number of aryl methyl sites for hydroxylation is 3. The van der Waals surface area contributed by atoms with E-state index in [1.165, 1.54) is 21.9 Å². The first-order valence-electron chi connectivity index (χ1n) is 7.32. The van der Waals surface area contributed by atoms with Crippen molar-refractivity contribution >= 4 is 16.5 Å². The number of nitrogens with zero attached hydrogens (tertiary/aromatic N) is 2. The molecule has 106 valence electrons. The van der Waals surface area contributed by atoms with Gasteiger partial charge >= 0.3 is 0 Å². The Kier molecular flexibility index (Phi) is 2.70. The van der Waals surface area contributed by atoms with Gasteiger partial charge < -0.3 is 9.84 Å². The summed E-state index contributed by atoms with van der Waals surface area (Å²) in [5.74, 6) is 1.29. The topological polar surface area (TPSA) is 51.0 Å². The summed E-state index contributed by atoms with van der Waals surface area (Å²) >= 11 is 0. The second kappa shape index (κ2) is 4.58. The van der Waals surface area contributed by atoms with Gasteiger partial charge in [0, 0.05) is 11.1 Å². The molecular formula is C17H17N3O. The molecule has 4 heteroatoms. The third kappa shape index (κ3) is 1.98. The second-order valence-electron chi connectivity index (χ2n) is 5.66. The van der Waals surface area contributed by atoms with Crippen LogP contribution in [0, 0.1) is 6.92 Å². The van der Waals surface area contributed by atoms with E-state index >= 15 is 0 Å². The van der Waals surface area contributed by atoms with Gasteiger partial charge in [0.2, 0.25) is 5.89 Å². The highest BCUT2D eigenvalue weighted by Gasteiger charge is 2.18. The molecule has 4 nitrogen and oxygen atoms in total. The number of nitrogens with one attached hydrogen (secondary N) is 1. The molecule has 1 heterocycles. The zero-order valence-corrected chi connectivity index (χ0v) is 12.2. The van der Waals surface area contributed by atoms with Crippen molar-refractivity contribution in [2.24, 2.45) is 0 Å². The lowest BCUT2D eigenvalue weighted by Gasteiger charge is -2.14. The van der Waals surface area contributed by atoms with E-state index in [4.69, 9.17) is 4.52 Å². The molecular weight excluding hydrogens is 262 g/mol. The van der Waals surface area contributed by atoms with E-state index in [0.717, 1.165) is 18.5 Å². The first-order valence-corrected chi connectivity index (χ1v) is 7.32. The maximum absolute atomic E-state index is 5.25. The second-order valence-corrected chi connectivity index (χ2v) is 5.66. The van der Waals surface area contributed by atoms with Gasteiger partial charge in [-0.1, -0.05) is 29.4 Å². The van der Waals surface area contributed by atoms with Gasteiger partial charge in [-0.25, -0.2) is 0 Å². The van der Waals surface area contributed by atoms with E-state index in [1.807, 2.05) is 13.8 Å². The van der Waals surface area contributed by atoms with Gasteiger partial charge in [-0.2, -0.15) is 4.98 Å². The quantitative estimate of drug-likeness (QED) is 0.792. The first-order chi connectivity index (χ1) is 10.2. The van der Waals surface area contributed by atoms with E-state index in [0.29, 0.717) is 11.7 Å². The van der Waals surface area contributed by atoms with Crippen LogP contribution < -0.4 is 5.32 Å². The fourth-order valence-corrected chi connectivity index (χ4v) is 3.16. The molecule has 2 aromatic carbocycles. The van der Waals surface area contributed by atoms with Crippen LogP contribution in [0.25, 0.3) is 10.8 Å². The highest BCUT2D eigenvalue weighted by atomic mass is 16.5. The molecule has 1 aliphatic rings. The molecule has 1 atom stereocenters. The Morgan fingerprint density at radius 2 is 1.95 bits per heavy atom. The molecule has 0 amide bonds. The zero-order valence-electron chi connectivity index (χ0n) is 12.2. The van der Waals surface area contributed by atoms with Gasteiger partial charge in [-0.05, 0) is 49.3 Å². The molecule has 1 aliphatic carbocycles. The van der Waals surface area contributed by atoms with Gasteiger partial charge in [0.15, 0.2) is 5.82 Å². The minimum atomic E-state index is -0.00957. The van der Waals surface area contributed by atoms with E-state index < -0.39 is 0 Å². The van der Waals surface area contributed by atoms with Crippen LogP contribution in [0.1, 0.15) is 35.8 Å². The highest BCUT2D eigenvalue weighted by Crippen LogP contribution is 2.36. The van der Waals surface area contributed by atoms with Gasteiger partial charge in [-0.15, -0.1) is 0 Å². The molecule has 4 rings (SSSR count). The van der Waals surface area contributed by atoms with Crippen LogP contribution in [-0.4, -0.2) is 10.1 Å². The van der Waals surface area contributed by atoms with Crippen LogP contribution in [-0.2, 0) is 12.8 Å². The summed E-state index contributed by atoms with van der Waals surface area (Å²) in [5.41, 5.74) is 4.03. The molecule has 0 spiro atoms. The van der Waals surface area contributed by atoms with E-state index in [1.54, 1.807) is 0 Å². The standard InChI is InChI=1S/C17H17N3O/c1-10(17-19-11(2)20-21-17)18-15-9-8-13-7-6-12-4-3-5-14(15)16(12)13/h3-5,8-10,18H,6-7H2,1-2H3/t10-/m0/s1. The van der Waals surface area contributed by atoms with Gasteiger partial charge in [0.05, 0.1) is 0 Å². The molecule has 0 saturated carbocycles. The molecule has 0 radical (unpaired) electrons. The van der Waals surface area contributed by atoms with Crippen LogP contribution in [0.15, 0.2) is 34.9 Å². The summed E-state index contributed by atoms with van der Waals surface area (Å²) in [6, 6.07) is 10.9. The zero-order chi connectivity index (χ0) is 14.4. The molecule has 1 N–H and O–H groups in total. The summed E-state index contributed by atoms with van der Waals surface area (Å²) in [5, 5.41) is 10.1. The molecule has 0 fully saturated rings. The van der Waals surface area contributed by atoms with Crippen molar-refractivity contribution in [3.8, 4) is 0 Å². The van der Waals surface area contributed by atoms with E-state index in [2.05, 4.69) is 45.8 Å². The summed E-state index contributed by atoms with van der Waals surface area (Å²) in [6.07, 6.45) is 2.29. The van der Waals surface area contributed by atoms with Crippen molar-refractivity contribution in [1.29, 1.82) is 0 Å². The Bertz CT molecular complexity index is 812. The maximum Gasteiger partial charge on any atom is 0.248 e. The lowest BCUT2D eigenvalue weighted by molar-refractivity contribution is 0.364. The lowest BCUT2D eigenvalue weighted by atomic mass is 10.0. The van der Waals surface area contributed by atoms with Crippen LogP contribution in [0.5, 0.6) is 0 Å². The summed E-state index contributed by atoms with van der Waals surface area (Å²) in [7, 11) is 0. The predicted molar refractivity (Wildman–Crippen MR) is 82.4 cm³/mol. The fourth-order valence-electron chi connectivity index (χ4n) is 3.16. The van der Waals surface area contributed by atoms with Crippen molar-refractivity contribution in [2.75, 3.05) is 5.32 Å². The van der Waals surface area contributed by atoms with Crippen molar-refractivity contribution in [2.45, 2.75) is 32.7 Å². The predicted octanol–water partition coefficient (Wildman–Crippen LogP) is 3.80. The maximum atomic E-state index is 5.25. The third-order valence-corrected chi connectivity index (χ3v) is 4.16. The monoisotopic (exact) mass is 279 g/mol. The number of hydrogen-bond acceptors (Lipinski definition) is 4. The van der Waals surface area contributed by atoms with Gasteiger partial charge in [0.25, 0.3) is 0 Å². The van der Waals surface area contributed by atoms with Crippen LogP contribution in [0.3, 0.4) is 0 Å². The normalized spacial score (nSPS) is 14.6. The Labute approximate surface area is 123 Å². The average molecular weight is 279 g/mol. The fraction of sp³-hybridized carbons (Fsp3) is 0.294. The number of benzene rings is 2. The summed E-state index contributed by atoms with van der Waals surface area (Å²) < 4.78 is 5.25. The van der Waals surface area contributed by atoms with E-state index in [9.17, 15) is 0 Å². The van der Waals surface area contributed by atoms with Gasteiger partial charge in [0.1, 0.15) is 6.04 Å². The molecule has 0 unspecified atom stereocenters. The highest BCUT2D eigenvalue weighted by molar-refractivity contribution is 5.99. The number of anilines is 1. The molecule has 0 saturated heterocycles. The number of rotatable bonds is 3. The first kappa shape index (κ1) is 12.4. The van der Waals surface area contributed by atoms with Crippen LogP contribution in [0.4, 0.5) is 5.69 Å². The van der Waals surface area contributed by atoms with Crippen molar-refractivity contribution in [3.63, 3.8) is 0 Å². The Hall–Kier alpha value is -2.36. The Morgan fingerprint density at radius 3 is 2.71 bits per heavy atom. The number of hydrogen-bond donors (Lipinski definition) is 1. The van der Waals surface area contributed by atoms with Crippen LogP contribution in [0.2, 0.25) is 0 Å². The smallest absolute Gasteiger partial charge is 0.248 e. The van der Waals surface area contributed by atoms with Crippen molar-refractivity contribution < 1.29 is 4.52 Å². The number of aromatic nitrogens is 2. The molecule has 0 bridgehead atoms. The largest absolute Gasteiger partial charge is 0.373 e. The molecule has 1 aromatic heterocycles. The molecule has 0 aliphatic heterocycles. The minimum Gasteiger partial charge on any atom is -0.373 e. The summed E-state index contributed by atoms with van der Waals surface area (Å²) in [6.45, 7) is 3.87. The van der Waals surface area contributed by atoms with Crippen molar-refractivity contribution in [1.82, 2.24) is 10.1 Å². The Balaban J connectivity index is 1.75. The van der Waals surface area contributed by atoms with Gasteiger partial charge in [-0.3, -0.25) is 0 Å². The lowest BCUT2D eigenvalue weighted by Crippen LogP contribution is -2.07. The van der Waals surface area contributed by atoms with Crippen LogP contribution >= 0.6 is 0 Å². The third-order valence-electron chi connectivity index (χ3n) is 4.16. The molecule has 21 heavy (non-hydrogen) atoms. The SMILES string of the molecule is Cc1noc([C@H](C)Nc2ccc3c4c(cccc24)CC3)n1. The average Bonchev–Trinajstić information content (AvgIpc) is 3.10. The van der Waals surface area contributed by atoms with Crippen molar-refractivity contribution in [3.05, 3.63) is 53.2 Å². The van der Waals surface area contributed by atoms with E-state index in [-0.39, 0.29) is 6.04 Å². The Morgan fingerprint density at radius 1 is 1.14 bits per heavy atom. The molecule has 3 aromatic rings.